The van der Waals surface area contributed by atoms with E-state index in [-0.39, 0.29) is 34.2 Å². The van der Waals surface area contributed by atoms with Gasteiger partial charge in [-0.2, -0.15) is 0 Å². The van der Waals surface area contributed by atoms with Crippen LogP contribution in [-0.2, 0) is 48.2 Å². The number of esters is 2. The molecule has 6 aliphatic rings. The maximum Gasteiger partial charge on any atom is 0.337 e. The van der Waals surface area contributed by atoms with Gasteiger partial charge >= 0.3 is 11.9 Å². The lowest BCUT2D eigenvalue weighted by Crippen LogP contribution is -2.58. The summed E-state index contributed by atoms with van der Waals surface area (Å²) in [5, 5.41) is 0. The molecule has 3 fully saturated rings. The topological polar surface area (TPSA) is 139 Å². The summed E-state index contributed by atoms with van der Waals surface area (Å²) in [5.74, 6) is -2.61. The van der Waals surface area contributed by atoms with Crippen molar-refractivity contribution in [3.63, 3.8) is 0 Å². The molecular weight excluding hydrogens is 440 g/mol. The van der Waals surface area contributed by atoms with Gasteiger partial charge in [0.2, 0.25) is 0 Å². The van der Waals surface area contributed by atoms with Gasteiger partial charge in [-0.05, 0) is 11.1 Å². The largest absolute Gasteiger partial charge is 0.466 e. The van der Waals surface area contributed by atoms with Crippen LogP contribution in [0.1, 0.15) is 0 Å². The molecule has 0 aromatic carbocycles. The minimum Gasteiger partial charge on any atom is -0.466 e. The van der Waals surface area contributed by atoms with Crippen molar-refractivity contribution in [2.75, 3.05) is 37.2 Å². The normalized spacial score (nSPS) is 45.5. The SMILES string of the molecule is COC(=O)C1=C(C(=O)OC)[C@@H]2O[C@H]1C13CS(=O)(=O)CC21[C@@H]1O[C@H]3C2=C1CS(=O)(=O)C2. The maximum atomic E-state index is 12.9. The second-order valence-corrected chi connectivity index (χ2v) is 12.9. The molecule has 6 rings (SSSR count). The van der Waals surface area contributed by atoms with Crippen molar-refractivity contribution in [1.82, 2.24) is 0 Å². The number of methoxy groups -OCH3 is 2. The van der Waals surface area contributed by atoms with Gasteiger partial charge in [-0.3, -0.25) is 0 Å². The monoisotopic (exact) mass is 458 g/mol. The summed E-state index contributed by atoms with van der Waals surface area (Å²) in [6, 6.07) is 0. The van der Waals surface area contributed by atoms with Crippen molar-refractivity contribution >= 4 is 31.6 Å². The Hall–Kier alpha value is -1.76. The third-order valence-corrected chi connectivity index (χ3v) is 11.0. The van der Waals surface area contributed by atoms with Gasteiger partial charge in [0.25, 0.3) is 0 Å². The molecule has 0 amide bonds. The molecule has 6 atom stereocenters. The molecule has 30 heavy (non-hydrogen) atoms. The highest BCUT2D eigenvalue weighted by Crippen LogP contribution is 2.77. The molecule has 12 heteroatoms. The highest BCUT2D eigenvalue weighted by Gasteiger charge is 2.88. The fourth-order valence-electron chi connectivity index (χ4n) is 6.93. The van der Waals surface area contributed by atoms with Crippen LogP contribution in [0.15, 0.2) is 22.3 Å². The van der Waals surface area contributed by atoms with E-state index >= 15 is 0 Å². The van der Waals surface area contributed by atoms with E-state index in [0.717, 1.165) is 14.2 Å². The van der Waals surface area contributed by atoms with Crippen molar-refractivity contribution in [2.45, 2.75) is 24.4 Å². The molecule has 0 N–H and O–H groups in total. The lowest BCUT2D eigenvalue weighted by Gasteiger charge is -2.45. The standard InChI is InChI=1S/C18H18O10S2/c1-25-15(19)9-10(16(20)26-2)14-18-6-30(23,24)5-17(18,13(9)28-14)11-7-3-29(21,22)4-8(7)12(18)27-11/h11-14H,3-6H2,1-2H3/t11-,12+,13+,14-,17?,18?. The summed E-state index contributed by atoms with van der Waals surface area (Å²) in [7, 11) is -4.61. The Balaban J connectivity index is 1.62. The second-order valence-electron chi connectivity index (χ2n) is 8.80. The van der Waals surface area contributed by atoms with E-state index in [1.165, 1.54) is 0 Å². The zero-order chi connectivity index (χ0) is 21.4. The fourth-order valence-corrected chi connectivity index (χ4v) is 11.4. The summed E-state index contributed by atoms with van der Waals surface area (Å²) < 4.78 is 72.7. The number of sulfone groups is 2. The number of ether oxygens (including phenoxy) is 4. The summed E-state index contributed by atoms with van der Waals surface area (Å²) in [6.07, 6.45) is -3.73. The molecule has 10 nitrogen and oxygen atoms in total. The average Bonchev–Trinajstić information content (AvgIpc) is 3.42. The Bertz CT molecular complexity index is 1150. The van der Waals surface area contributed by atoms with Gasteiger partial charge in [0.15, 0.2) is 19.7 Å². The molecule has 6 heterocycles. The number of rotatable bonds is 2. The van der Waals surface area contributed by atoms with Crippen LogP contribution in [0.25, 0.3) is 0 Å². The molecule has 6 aliphatic heterocycles. The van der Waals surface area contributed by atoms with Gasteiger partial charge in [0, 0.05) is 0 Å². The van der Waals surface area contributed by atoms with E-state index in [0.29, 0.717) is 11.1 Å². The van der Waals surface area contributed by atoms with Gasteiger partial charge in [0.1, 0.15) is 12.2 Å². The number of carbonyl (C=O) groups excluding carboxylic acids is 2. The van der Waals surface area contributed by atoms with Crippen LogP contribution in [0.4, 0.5) is 0 Å². The highest BCUT2D eigenvalue weighted by molar-refractivity contribution is 7.92. The molecule has 0 saturated carbocycles. The summed E-state index contributed by atoms with van der Waals surface area (Å²) in [5.41, 5.74) is -1.31. The van der Waals surface area contributed by atoms with E-state index < -0.39 is 66.9 Å². The highest BCUT2D eigenvalue weighted by atomic mass is 32.2. The lowest BCUT2D eigenvalue weighted by atomic mass is 9.50. The van der Waals surface area contributed by atoms with Crippen LogP contribution < -0.4 is 0 Å². The van der Waals surface area contributed by atoms with E-state index in [1.807, 2.05) is 0 Å². The quantitative estimate of drug-likeness (QED) is 0.348. The van der Waals surface area contributed by atoms with Crippen LogP contribution in [0.2, 0.25) is 0 Å². The zero-order valence-electron chi connectivity index (χ0n) is 16.0. The van der Waals surface area contributed by atoms with E-state index in [9.17, 15) is 26.4 Å². The van der Waals surface area contributed by atoms with Crippen molar-refractivity contribution in [2.24, 2.45) is 10.8 Å². The van der Waals surface area contributed by atoms with Crippen molar-refractivity contribution in [1.29, 1.82) is 0 Å². The van der Waals surface area contributed by atoms with E-state index in [4.69, 9.17) is 18.9 Å². The first-order valence-corrected chi connectivity index (χ1v) is 13.0. The third-order valence-electron chi connectivity index (χ3n) is 7.62. The van der Waals surface area contributed by atoms with Gasteiger partial charge in [-0.15, -0.1) is 0 Å². The molecule has 0 radical (unpaired) electrons. The predicted octanol–water partition coefficient (Wildman–Crippen LogP) is -1.68. The number of fused-ring (bicyclic) bond motifs is 6. The number of hydrogen-bond acceptors (Lipinski definition) is 10. The Labute approximate surface area is 172 Å². The Morgan fingerprint density at radius 3 is 1.57 bits per heavy atom. The molecule has 162 valence electrons. The molecule has 3 saturated heterocycles. The van der Waals surface area contributed by atoms with Crippen LogP contribution >= 0.6 is 0 Å². The Kier molecular flexibility index (Phi) is 3.27. The first kappa shape index (κ1) is 19.0. The maximum absolute atomic E-state index is 12.9. The van der Waals surface area contributed by atoms with Crippen LogP contribution in [0.5, 0.6) is 0 Å². The van der Waals surface area contributed by atoms with Gasteiger partial charge in [-0.1, -0.05) is 0 Å². The summed E-state index contributed by atoms with van der Waals surface area (Å²) in [4.78, 5) is 25.3. The Morgan fingerprint density at radius 2 is 1.17 bits per heavy atom. The van der Waals surface area contributed by atoms with Crippen LogP contribution in [-0.4, -0.2) is 90.4 Å². The first-order chi connectivity index (χ1) is 14.0. The first-order valence-electron chi connectivity index (χ1n) is 9.37. The molecule has 4 bridgehead atoms. The molecule has 0 aromatic rings. The predicted molar refractivity (Wildman–Crippen MR) is 97.6 cm³/mol. The number of hydrogen-bond donors (Lipinski definition) is 0. The van der Waals surface area contributed by atoms with Gasteiger partial charge in [-0.25, -0.2) is 26.4 Å². The Morgan fingerprint density at radius 1 is 0.767 bits per heavy atom. The van der Waals surface area contributed by atoms with Crippen molar-refractivity contribution < 1.29 is 45.4 Å². The minimum atomic E-state index is -3.57. The van der Waals surface area contributed by atoms with E-state index in [1.54, 1.807) is 0 Å². The second kappa shape index (κ2) is 5.17. The molecular formula is C18H18O10S2. The third kappa shape index (κ3) is 1.77. The van der Waals surface area contributed by atoms with Gasteiger partial charge in [0.05, 0.1) is 71.4 Å². The van der Waals surface area contributed by atoms with E-state index in [2.05, 4.69) is 0 Å². The average molecular weight is 458 g/mol. The lowest BCUT2D eigenvalue weighted by molar-refractivity contribution is -0.140. The van der Waals surface area contributed by atoms with Gasteiger partial charge < -0.3 is 18.9 Å². The summed E-state index contributed by atoms with van der Waals surface area (Å²) in [6.45, 7) is 0. The number of carbonyl (C=O) groups is 2. The van der Waals surface area contributed by atoms with Crippen LogP contribution in [0, 0.1) is 10.8 Å². The van der Waals surface area contributed by atoms with Crippen molar-refractivity contribution in [3.05, 3.63) is 22.3 Å². The summed E-state index contributed by atoms with van der Waals surface area (Å²) >= 11 is 0. The molecule has 2 unspecified atom stereocenters. The molecule has 0 spiro atoms. The van der Waals surface area contributed by atoms with Crippen molar-refractivity contribution in [3.8, 4) is 0 Å². The molecule has 0 aliphatic carbocycles. The minimum absolute atomic E-state index is 0.0544. The fraction of sp³-hybridized carbons (Fsp3) is 0.667. The smallest absolute Gasteiger partial charge is 0.337 e. The zero-order valence-corrected chi connectivity index (χ0v) is 17.7. The molecule has 0 aromatic heterocycles. The van der Waals surface area contributed by atoms with Crippen LogP contribution in [0.3, 0.4) is 0 Å².